The number of rotatable bonds is 7. The lowest BCUT2D eigenvalue weighted by Gasteiger charge is -2.62. The smallest absolute Gasteiger partial charge is 0.338 e. The fourth-order valence-corrected chi connectivity index (χ4v) is 10.1. The molecule has 0 bridgehead atoms. The minimum absolute atomic E-state index is 0.0270. The molecule has 5 rings (SSSR count). The summed E-state index contributed by atoms with van der Waals surface area (Å²) < 4.78 is 17.2. The Morgan fingerprint density at radius 1 is 0.950 bits per heavy atom. The van der Waals surface area contributed by atoms with Crippen molar-refractivity contribution in [2.75, 3.05) is 7.11 Å². The molecule has 220 valence electrons. The van der Waals surface area contributed by atoms with Crippen molar-refractivity contribution < 1.29 is 28.6 Å². The van der Waals surface area contributed by atoms with Crippen molar-refractivity contribution in [2.45, 2.75) is 104 Å². The van der Waals surface area contributed by atoms with Crippen molar-refractivity contribution in [2.24, 2.45) is 46.3 Å². The number of hydrogen-bond donors (Lipinski definition) is 0. The second kappa shape index (κ2) is 11.5. The monoisotopic (exact) mass is 552 g/mol. The van der Waals surface area contributed by atoms with E-state index in [1.54, 1.807) is 0 Å². The Kier molecular flexibility index (Phi) is 8.37. The van der Waals surface area contributed by atoms with Gasteiger partial charge in [0.05, 0.1) is 12.7 Å². The summed E-state index contributed by atoms with van der Waals surface area (Å²) in [6.07, 6.45) is 9.54. The average molecular weight is 553 g/mol. The van der Waals surface area contributed by atoms with Crippen molar-refractivity contribution in [1.82, 2.24) is 0 Å². The van der Waals surface area contributed by atoms with Crippen LogP contribution in [0, 0.1) is 46.3 Å². The summed E-state index contributed by atoms with van der Waals surface area (Å²) in [6, 6.07) is 9.38. The van der Waals surface area contributed by atoms with Gasteiger partial charge in [-0.25, -0.2) is 4.79 Å². The van der Waals surface area contributed by atoms with E-state index in [9.17, 15) is 14.4 Å². The highest BCUT2D eigenvalue weighted by Gasteiger charge is 2.65. The van der Waals surface area contributed by atoms with E-state index in [0.29, 0.717) is 47.5 Å². The van der Waals surface area contributed by atoms with Gasteiger partial charge in [-0.1, -0.05) is 39.0 Å². The molecule has 0 spiro atoms. The molecule has 0 saturated heterocycles. The number of carbonyl (C=O) groups is 3. The number of esters is 3. The molecule has 0 heterocycles. The lowest BCUT2D eigenvalue weighted by Crippen LogP contribution is -2.59. The largest absolute Gasteiger partial charge is 0.469 e. The van der Waals surface area contributed by atoms with Crippen LogP contribution in [0.2, 0.25) is 0 Å². The molecule has 0 N–H and O–H groups in total. The molecule has 1 aromatic carbocycles. The van der Waals surface area contributed by atoms with Crippen LogP contribution in [0.3, 0.4) is 0 Å². The molecule has 0 aromatic heterocycles. The number of ether oxygens (including phenoxy) is 3. The summed E-state index contributed by atoms with van der Waals surface area (Å²) in [5.74, 6) is 2.29. The third-order valence-corrected chi connectivity index (χ3v) is 12.1. The van der Waals surface area contributed by atoms with E-state index in [1.807, 2.05) is 30.3 Å². The summed E-state index contributed by atoms with van der Waals surface area (Å²) >= 11 is 0. The Balaban J connectivity index is 1.44. The molecule has 4 saturated carbocycles. The molecular formula is C34H48O6. The Labute approximate surface area is 239 Å². The van der Waals surface area contributed by atoms with Gasteiger partial charge < -0.3 is 14.2 Å². The predicted molar refractivity (Wildman–Crippen MR) is 152 cm³/mol. The molecule has 0 aliphatic heterocycles. The molecule has 6 heteroatoms. The van der Waals surface area contributed by atoms with E-state index in [0.717, 1.165) is 44.9 Å². The third kappa shape index (κ3) is 5.20. The van der Waals surface area contributed by atoms with Gasteiger partial charge >= 0.3 is 17.9 Å². The van der Waals surface area contributed by atoms with Gasteiger partial charge in [-0.05, 0) is 111 Å². The van der Waals surface area contributed by atoms with E-state index < -0.39 is 0 Å². The van der Waals surface area contributed by atoms with E-state index in [4.69, 9.17) is 14.2 Å². The van der Waals surface area contributed by atoms with Crippen LogP contribution < -0.4 is 0 Å². The Morgan fingerprint density at radius 2 is 1.70 bits per heavy atom. The average Bonchev–Trinajstić information content (AvgIpc) is 3.30. The molecule has 40 heavy (non-hydrogen) atoms. The molecule has 4 fully saturated rings. The van der Waals surface area contributed by atoms with Gasteiger partial charge in [-0.15, -0.1) is 0 Å². The molecule has 10 unspecified atom stereocenters. The topological polar surface area (TPSA) is 78.9 Å². The maximum absolute atomic E-state index is 13.5. The third-order valence-electron chi connectivity index (χ3n) is 12.1. The maximum Gasteiger partial charge on any atom is 0.338 e. The first-order valence-electron chi connectivity index (χ1n) is 15.6. The highest BCUT2D eigenvalue weighted by atomic mass is 16.5. The lowest BCUT2D eigenvalue weighted by atomic mass is 9.43. The van der Waals surface area contributed by atoms with E-state index in [-0.39, 0.29) is 40.9 Å². The van der Waals surface area contributed by atoms with Crippen LogP contribution in [0.15, 0.2) is 30.3 Å². The van der Waals surface area contributed by atoms with Crippen LogP contribution in [0.1, 0.15) is 102 Å². The first-order valence-corrected chi connectivity index (χ1v) is 15.6. The van der Waals surface area contributed by atoms with Crippen molar-refractivity contribution in [1.29, 1.82) is 0 Å². The fourth-order valence-electron chi connectivity index (χ4n) is 10.1. The zero-order valence-corrected chi connectivity index (χ0v) is 25.0. The van der Waals surface area contributed by atoms with E-state index >= 15 is 0 Å². The minimum Gasteiger partial charge on any atom is -0.469 e. The van der Waals surface area contributed by atoms with Crippen molar-refractivity contribution in [3.05, 3.63) is 35.9 Å². The van der Waals surface area contributed by atoms with Gasteiger partial charge in [-0.2, -0.15) is 0 Å². The Hall–Kier alpha value is -2.37. The van der Waals surface area contributed by atoms with Crippen LogP contribution >= 0.6 is 0 Å². The highest BCUT2D eigenvalue weighted by Crippen LogP contribution is 2.69. The Morgan fingerprint density at radius 3 is 2.40 bits per heavy atom. The number of fused-ring (bicyclic) bond motifs is 5. The minimum atomic E-state index is -0.229. The second-order valence-corrected chi connectivity index (χ2v) is 13.8. The van der Waals surface area contributed by atoms with Gasteiger partial charge in [0.1, 0.15) is 12.2 Å². The van der Waals surface area contributed by atoms with Crippen molar-refractivity contribution in [3.63, 3.8) is 0 Å². The summed E-state index contributed by atoms with van der Waals surface area (Å²) in [4.78, 5) is 37.2. The fraction of sp³-hybridized carbons (Fsp3) is 0.735. The number of hydrogen-bond acceptors (Lipinski definition) is 6. The first kappa shape index (κ1) is 29.1. The molecule has 6 nitrogen and oxygen atoms in total. The van der Waals surface area contributed by atoms with Crippen molar-refractivity contribution >= 4 is 17.9 Å². The normalized spacial score (nSPS) is 39.2. The molecule has 4 aliphatic carbocycles. The molecule has 0 radical (unpaired) electrons. The number of carbonyl (C=O) groups excluding carboxylic acids is 3. The van der Waals surface area contributed by atoms with Gasteiger partial charge in [-0.3, -0.25) is 9.59 Å². The standard InChI is InChI=1S/C34H48O6/c1-21(11-16-31(36)38-5)27-14-15-28-26-13-12-24-19-25(39-22(2)35)17-18-33(24,3)29(26)20-30(34(27,28)4)40-32(37)23-9-7-6-8-10-23/h6-10,21,24-30H,11-20H2,1-5H3. The molecule has 10 atom stereocenters. The molecule has 1 aromatic rings. The SMILES string of the molecule is COC(=O)CCC(C)C1CCC2C3CCC4CC(OC(C)=O)CCC4(C)C3CC(OC(=O)c3ccccc3)C12C. The second-order valence-electron chi connectivity index (χ2n) is 13.8. The summed E-state index contributed by atoms with van der Waals surface area (Å²) in [7, 11) is 1.46. The van der Waals surface area contributed by atoms with Gasteiger partial charge in [0, 0.05) is 18.8 Å². The summed E-state index contributed by atoms with van der Waals surface area (Å²) in [5, 5.41) is 0. The molecule has 4 aliphatic rings. The number of methoxy groups -OCH3 is 1. The summed E-state index contributed by atoms with van der Waals surface area (Å²) in [6.45, 7) is 8.66. The van der Waals surface area contributed by atoms with Gasteiger partial charge in [0.2, 0.25) is 0 Å². The van der Waals surface area contributed by atoms with Crippen LogP contribution in [-0.4, -0.2) is 37.2 Å². The summed E-state index contributed by atoms with van der Waals surface area (Å²) in [5.41, 5.74) is 0.638. The number of benzene rings is 1. The van der Waals surface area contributed by atoms with Crippen LogP contribution in [0.25, 0.3) is 0 Å². The Bertz CT molecular complexity index is 1090. The zero-order chi connectivity index (χ0) is 28.7. The maximum atomic E-state index is 13.5. The predicted octanol–water partition coefficient (Wildman–Crippen LogP) is 7.00. The van der Waals surface area contributed by atoms with Gasteiger partial charge in [0.25, 0.3) is 0 Å². The van der Waals surface area contributed by atoms with E-state index in [1.165, 1.54) is 26.9 Å². The lowest BCUT2D eigenvalue weighted by molar-refractivity contribution is -0.181. The zero-order valence-electron chi connectivity index (χ0n) is 25.0. The molecular weight excluding hydrogens is 504 g/mol. The van der Waals surface area contributed by atoms with Crippen molar-refractivity contribution in [3.8, 4) is 0 Å². The first-order chi connectivity index (χ1) is 19.1. The van der Waals surface area contributed by atoms with Crippen LogP contribution in [-0.2, 0) is 23.8 Å². The van der Waals surface area contributed by atoms with Crippen LogP contribution in [0.4, 0.5) is 0 Å². The van der Waals surface area contributed by atoms with Gasteiger partial charge in [0.15, 0.2) is 0 Å². The highest BCUT2D eigenvalue weighted by molar-refractivity contribution is 5.89. The van der Waals surface area contributed by atoms with E-state index in [2.05, 4.69) is 20.8 Å². The quantitative estimate of drug-likeness (QED) is 0.268. The molecule has 0 amide bonds. The van der Waals surface area contributed by atoms with Crippen LogP contribution in [0.5, 0.6) is 0 Å².